The van der Waals surface area contributed by atoms with Gasteiger partial charge in [0.2, 0.25) is 0 Å². The highest BCUT2D eigenvalue weighted by atomic mass is 127. The zero-order valence-electron chi connectivity index (χ0n) is 15.9. The quantitative estimate of drug-likeness (QED) is 0.333. The van der Waals surface area contributed by atoms with Crippen LogP contribution in [0.15, 0.2) is 35.3 Å². The Bertz CT molecular complexity index is 548. The Balaban J connectivity index is 0.00000338. The lowest BCUT2D eigenvalue weighted by Gasteiger charge is -2.32. The van der Waals surface area contributed by atoms with Gasteiger partial charge in [-0.05, 0) is 31.4 Å². The molecule has 2 N–H and O–H groups in total. The minimum atomic E-state index is -0.855. The van der Waals surface area contributed by atoms with Gasteiger partial charge in [0, 0.05) is 55.0 Å². The van der Waals surface area contributed by atoms with E-state index in [0.717, 1.165) is 37.5 Å². The second-order valence-electron chi connectivity index (χ2n) is 6.53. The van der Waals surface area contributed by atoms with Crippen LogP contribution >= 0.6 is 24.0 Å². The Labute approximate surface area is 177 Å². The van der Waals surface area contributed by atoms with Gasteiger partial charge in [0.05, 0.1) is 0 Å². The van der Waals surface area contributed by atoms with Crippen LogP contribution in [0.25, 0.3) is 0 Å². The van der Waals surface area contributed by atoms with E-state index < -0.39 is 10.8 Å². The van der Waals surface area contributed by atoms with Crippen LogP contribution in [0.1, 0.15) is 31.7 Å². The fourth-order valence-corrected chi connectivity index (χ4v) is 4.16. The van der Waals surface area contributed by atoms with Crippen molar-refractivity contribution in [3.8, 4) is 0 Å². The van der Waals surface area contributed by atoms with Gasteiger partial charge in [0.25, 0.3) is 0 Å². The number of hydrogen-bond acceptors (Lipinski definition) is 3. The first-order valence-electron chi connectivity index (χ1n) is 9.29. The molecule has 0 radical (unpaired) electrons. The number of nitrogens with zero attached hydrogens (tertiary/aromatic N) is 2. The van der Waals surface area contributed by atoms with E-state index in [1.54, 1.807) is 7.05 Å². The van der Waals surface area contributed by atoms with Crippen molar-refractivity contribution in [2.45, 2.75) is 38.0 Å². The summed E-state index contributed by atoms with van der Waals surface area (Å²) < 4.78 is 12.2. The fraction of sp³-hybridized carbons (Fsp3) is 0.632. The van der Waals surface area contributed by atoms with Crippen molar-refractivity contribution >= 4 is 40.7 Å². The van der Waals surface area contributed by atoms with Gasteiger partial charge in [-0.25, -0.2) is 0 Å². The number of hydrogen-bond donors (Lipinski definition) is 2. The lowest BCUT2D eigenvalue weighted by molar-refractivity contribution is 0.206. The lowest BCUT2D eigenvalue weighted by Crippen LogP contribution is -2.49. The van der Waals surface area contributed by atoms with Crippen LogP contribution < -0.4 is 10.6 Å². The fourth-order valence-electron chi connectivity index (χ4n) is 3.12. The number of benzene rings is 1. The van der Waals surface area contributed by atoms with E-state index in [1.807, 2.05) is 30.3 Å². The number of aliphatic imine (C=N–C) groups is 1. The summed E-state index contributed by atoms with van der Waals surface area (Å²) >= 11 is 0. The Kier molecular flexibility index (Phi) is 12.1. The SMILES string of the molecule is CCCN1CCC(NC(=NC)NCCS(=O)Cc2ccccc2)CC1.I. The van der Waals surface area contributed by atoms with E-state index >= 15 is 0 Å². The number of nitrogens with one attached hydrogen (secondary N) is 2. The minimum absolute atomic E-state index is 0. The minimum Gasteiger partial charge on any atom is -0.355 e. The van der Waals surface area contributed by atoms with Crippen molar-refractivity contribution in [3.05, 3.63) is 35.9 Å². The van der Waals surface area contributed by atoms with Crippen LogP contribution in [0.5, 0.6) is 0 Å². The highest BCUT2D eigenvalue weighted by Gasteiger charge is 2.19. The molecule has 1 fully saturated rings. The van der Waals surface area contributed by atoms with Crippen molar-refractivity contribution < 1.29 is 4.21 Å². The molecule has 1 aliphatic rings. The van der Waals surface area contributed by atoms with E-state index in [1.165, 1.54) is 13.0 Å². The molecule has 1 atom stereocenters. The van der Waals surface area contributed by atoms with Crippen molar-refractivity contribution in [2.75, 3.05) is 39.0 Å². The van der Waals surface area contributed by atoms with Crippen LogP contribution in [-0.2, 0) is 16.6 Å². The first-order chi connectivity index (χ1) is 12.2. The third-order valence-electron chi connectivity index (χ3n) is 4.48. The second-order valence-corrected chi connectivity index (χ2v) is 8.11. The average molecular weight is 492 g/mol. The van der Waals surface area contributed by atoms with Gasteiger partial charge in [0.15, 0.2) is 5.96 Å². The molecule has 1 aromatic rings. The number of likely N-dealkylation sites (tertiary alicyclic amines) is 1. The molecule has 1 aliphatic heterocycles. The van der Waals surface area contributed by atoms with Crippen LogP contribution in [-0.4, -0.2) is 60.1 Å². The Hall–Kier alpha value is -0.670. The molecule has 1 unspecified atom stereocenters. The molecule has 0 amide bonds. The maximum Gasteiger partial charge on any atom is 0.191 e. The predicted octanol–water partition coefficient (Wildman–Crippen LogP) is 2.59. The van der Waals surface area contributed by atoms with Gasteiger partial charge < -0.3 is 15.5 Å². The van der Waals surface area contributed by atoms with Crippen molar-refractivity contribution in [2.24, 2.45) is 4.99 Å². The molecule has 1 heterocycles. The van der Waals surface area contributed by atoms with Crippen molar-refractivity contribution in [1.29, 1.82) is 0 Å². The predicted molar refractivity (Wildman–Crippen MR) is 123 cm³/mol. The third kappa shape index (κ3) is 8.81. The summed E-state index contributed by atoms with van der Waals surface area (Å²) in [6.45, 7) is 6.42. The molecule has 1 aromatic carbocycles. The van der Waals surface area contributed by atoms with Crippen molar-refractivity contribution in [3.63, 3.8) is 0 Å². The van der Waals surface area contributed by atoms with Gasteiger partial charge in [-0.15, -0.1) is 24.0 Å². The van der Waals surface area contributed by atoms with Gasteiger partial charge in [-0.3, -0.25) is 9.20 Å². The Morgan fingerprint density at radius 2 is 1.96 bits per heavy atom. The summed E-state index contributed by atoms with van der Waals surface area (Å²) in [5, 5.41) is 6.81. The van der Waals surface area contributed by atoms with Gasteiger partial charge in [-0.1, -0.05) is 37.3 Å². The lowest BCUT2D eigenvalue weighted by atomic mass is 10.1. The molecule has 0 saturated carbocycles. The average Bonchev–Trinajstić information content (AvgIpc) is 2.63. The van der Waals surface area contributed by atoms with E-state index in [-0.39, 0.29) is 24.0 Å². The van der Waals surface area contributed by atoms with E-state index in [4.69, 9.17) is 0 Å². The maximum absolute atomic E-state index is 12.2. The van der Waals surface area contributed by atoms with Crippen LogP contribution in [0.4, 0.5) is 0 Å². The van der Waals surface area contributed by atoms with Crippen LogP contribution in [0.2, 0.25) is 0 Å². The molecule has 26 heavy (non-hydrogen) atoms. The first kappa shape index (κ1) is 23.4. The summed E-state index contributed by atoms with van der Waals surface area (Å²) in [5.74, 6) is 2.07. The standard InChI is InChI=1S/C19H32N4OS.HI/c1-3-12-23-13-9-18(10-14-23)22-19(20-2)21-11-15-25(24)16-17-7-5-4-6-8-17;/h4-8,18H,3,9-16H2,1-2H3,(H2,20,21,22);1H. The zero-order chi connectivity index (χ0) is 17.9. The topological polar surface area (TPSA) is 56.7 Å². The number of guanidine groups is 1. The van der Waals surface area contributed by atoms with Crippen molar-refractivity contribution in [1.82, 2.24) is 15.5 Å². The molecule has 0 spiro atoms. The van der Waals surface area contributed by atoms with Crippen LogP contribution in [0, 0.1) is 0 Å². The molecule has 1 saturated heterocycles. The summed E-state index contributed by atoms with van der Waals surface area (Å²) in [6.07, 6.45) is 3.53. The van der Waals surface area contributed by atoms with Gasteiger partial charge >= 0.3 is 0 Å². The van der Waals surface area contributed by atoms with Crippen LogP contribution in [0.3, 0.4) is 0 Å². The highest BCUT2D eigenvalue weighted by molar-refractivity contribution is 14.0. The number of piperidine rings is 1. The normalized spacial score (nSPS) is 17.4. The third-order valence-corrected chi connectivity index (χ3v) is 5.80. The molecule has 0 bridgehead atoms. The molecule has 7 heteroatoms. The highest BCUT2D eigenvalue weighted by Crippen LogP contribution is 2.10. The maximum atomic E-state index is 12.2. The molecular weight excluding hydrogens is 459 g/mol. The largest absolute Gasteiger partial charge is 0.355 e. The summed E-state index contributed by atoms with van der Waals surface area (Å²) in [4.78, 5) is 6.83. The summed E-state index contributed by atoms with van der Waals surface area (Å²) in [7, 11) is 0.939. The van der Waals surface area contributed by atoms with E-state index in [0.29, 0.717) is 24.1 Å². The first-order valence-corrected chi connectivity index (χ1v) is 10.8. The number of rotatable bonds is 8. The Morgan fingerprint density at radius 3 is 2.58 bits per heavy atom. The van der Waals surface area contributed by atoms with Gasteiger partial charge in [0.1, 0.15) is 0 Å². The monoisotopic (exact) mass is 492 g/mol. The molecule has 5 nitrogen and oxygen atoms in total. The molecule has 0 aromatic heterocycles. The summed E-state index contributed by atoms with van der Waals surface area (Å²) in [6, 6.07) is 10.5. The molecule has 2 rings (SSSR count). The van der Waals surface area contributed by atoms with E-state index in [9.17, 15) is 4.21 Å². The smallest absolute Gasteiger partial charge is 0.191 e. The van der Waals surface area contributed by atoms with Gasteiger partial charge in [-0.2, -0.15) is 0 Å². The molecule has 148 valence electrons. The molecule has 0 aliphatic carbocycles. The second kappa shape index (κ2) is 13.5. The molecular formula is C19H33IN4OS. The summed E-state index contributed by atoms with van der Waals surface area (Å²) in [5.41, 5.74) is 1.13. The number of halogens is 1. The zero-order valence-corrected chi connectivity index (χ0v) is 19.1. The van der Waals surface area contributed by atoms with E-state index in [2.05, 4.69) is 27.4 Å². The Morgan fingerprint density at radius 1 is 1.27 bits per heavy atom.